The molecule has 3 unspecified atom stereocenters. The molecule has 1 aliphatic heterocycles. The third kappa shape index (κ3) is 3.06. The summed E-state index contributed by atoms with van der Waals surface area (Å²) in [5, 5.41) is 18.4. The Balaban J connectivity index is 2.06. The van der Waals surface area contributed by atoms with E-state index in [0.29, 0.717) is 5.82 Å². The Kier molecular flexibility index (Phi) is 5.20. The van der Waals surface area contributed by atoms with Gasteiger partial charge in [0.25, 0.3) is 5.70 Å². The van der Waals surface area contributed by atoms with Gasteiger partial charge in [-0.15, -0.1) is 0 Å². The number of carbonyl (C=O) groups is 1. The molecule has 1 aromatic rings. The van der Waals surface area contributed by atoms with Crippen molar-refractivity contribution in [3.8, 4) is 0 Å². The molecule has 152 valence electrons. The van der Waals surface area contributed by atoms with Gasteiger partial charge >= 0.3 is 0 Å². The molecule has 1 aromatic carbocycles. The fourth-order valence-electron chi connectivity index (χ4n) is 4.56. The Labute approximate surface area is 164 Å². The molecule has 2 bridgehead atoms. The largest absolute Gasteiger partial charge is 0.360 e. The number of nitro groups is 1. The van der Waals surface area contributed by atoms with E-state index in [1.807, 2.05) is 38.1 Å². The molecular weight excluding hydrogens is 362 g/mol. The highest BCUT2D eigenvalue weighted by Gasteiger charge is 2.66. The van der Waals surface area contributed by atoms with Crippen LogP contribution in [0.5, 0.6) is 0 Å². The first-order valence-electron chi connectivity index (χ1n) is 9.29. The van der Waals surface area contributed by atoms with Crippen molar-refractivity contribution in [2.45, 2.75) is 51.0 Å². The second-order valence-corrected chi connectivity index (χ2v) is 7.80. The predicted octanol–water partition coefficient (Wildman–Crippen LogP) is 2.42. The van der Waals surface area contributed by atoms with Crippen molar-refractivity contribution in [2.24, 2.45) is 5.92 Å². The summed E-state index contributed by atoms with van der Waals surface area (Å²) in [7, 11) is 2.91. The number of rotatable bonds is 6. The van der Waals surface area contributed by atoms with Crippen molar-refractivity contribution < 1.29 is 19.2 Å². The van der Waals surface area contributed by atoms with Gasteiger partial charge < -0.3 is 20.1 Å². The zero-order valence-corrected chi connectivity index (χ0v) is 16.9. The van der Waals surface area contributed by atoms with Crippen LogP contribution >= 0.6 is 0 Å². The molecule has 3 rings (SSSR count). The van der Waals surface area contributed by atoms with E-state index in [2.05, 4.69) is 10.6 Å². The number of ketones is 1. The van der Waals surface area contributed by atoms with Gasteiger partial charge in [0, 0.05) is 27.1 Å². The maximum absolute atomic E-state index is 12.3. The normalized spacial score (nSPS) is 27.2. The monoisotopic (exact) mass is 389 g/mol. The van der Waals surface area contributed by atoms with Crippen molar-refractivity contribution in [3.63, 3.8) is 0 Å². The number of hydrogen-bond acceptors (Lipinski definition) is 7. The first-order valence-corrected chi connectivity index (χ1v) is 9.29. The van der Waals surface area contributed by atoms with E-state index in [4.69, 9.17) is 9.47 Å². The molecular formula is C20H27N3O5. The number of Topliss-reactive ketones (excluding diaryl/α,β-unsaturated/α-hetero) is 1. The lowest BCUT2D eigenvalue weighted by atomic mass is 9.67. The van der Waals surface area contributed by atoms with E-state index in [1.165, 1.54) is 14.2 Å². The molecule has 1 saturated carbocycles. The summed E-state index contributed by atoms with van der Waals surface area (Å²) < 4.78 is 11.3. The summed E-state index contributed by atoms with van der Waals surface area (Å²) in [6, 6.07) is 7.81. The van der Waals surface area contributed by atoms with Crippen LogP contribution in [-0.4, -0.2) is 36.3 Å². The maximum Gasteiger partial charge on any atom is 0.294 e. The van der Waals surface area contributed by atoms with Crippen molar-refractivity contribution in [1.82, 2.24) is 10.6 Å². The molecule has 8 nitrogen and oxygen atoms in total. The Bertz CT molecular complexity index is 816. The molecule has 8 heteroatoms. The minimum absolute atomic E-state index is 0.000639. The number of nitrogens with zero attached hydrogens (tertiary/aromatic N) is 1. The molecule has 28 heavy (non-hydrogen) atoms. The molecule has 0 saturated heterocycles. The number of methoxy groups -OCH3 is 2. The van der Waals surface area contributed by atoms with Gasteiger partial charge in [-0.25, -0.2) is 0 Å². The molecule has 3 atom stereocenters. The number of ether oxygens (including phenoxy) is 2. The molecule has 1 fully saturated rings. The lowest BCUT2D eigenvalue weighted by molar-refractivity contribution is -0.454. The molecule has 0 spiro atoms. The van der Waals surface area contributed by atoms with Gasteiger partial charge in [0.15, 0.2) is 5.82 Å². The number of hydrogen-bond donors (Lipinski definition) is 2. The lowest BCUT2D eigenvalue weighted by Gasteiger charge is -2.55. The average Bonchev–Trinajstić information content (AvgIpc) is 2.61. The zero-order valence-electron chi connectivity index (χ0n) is 16.9. The zero-order chi connectivity index (χ0) is 20.7. The SMILES string of the molecule is COC1(OC)C2CC(=O)CC1(C)NC(NC(C)c1ccc(C)cc1)=C2[N+](=O)[O-]. The van der Waals surface area contributed by atoms with Crippen LogP contribution in [0.15, 0.2) is 35.8 Å². The van der Waals surface area contributed by atoms with Crippen molar-refractivity contribution in [2.75, 3.05) is 14.2 Å². The van der Waals surface area contributed by atoms with Crippen molar-refractivity contribution in [3.05, 3.63) is 57.0 Å². The van der Waals surface area contributed by atoms with Gasteiger partial charge in [-0.3, -0.25) is 14.9 Å². The predicted molar refractivity (Wildman–Crippen MR) is 103 cm³/mol. The van der Waals surface area contributed by atoms with Gasteiger partial charge in [0.1, 0.15) is 11.7 Å². The molecule has 1 heterocycles. The van der Waals surface area contributed by atoms with Gasteiger partial charge in [-0.1, -0.05) is 29.8 Å². The standard InChI is InChI=1S/C20H27N3O5/c1-12-6-8-14(9-7-12)13(2)21-18-17(23(25)26)16-10-15(24)11-19(3,22-18)20(16,27-4)28-5/h6-9,13,16,21-22H,10-11H2,1-5H3. The summed E-state index contributed by atoms with van der Waals surface area (Å²) in [5.74, 6) is -1.88. The molecule has 2 N–H and O–H groups in total. The highest BCUT2D eigenvalue weighted by atomic mass is 16.7. The summed E-state index contributed by atoms with van der Waals surface area (Å²) in [4.78, 5) is 23.9. The summed E-state index contributed by atoms with van der Waals surface area (Å²) in [5.41, 5.74) is 1.09. The Morgan fingerprint density at radius 2 is 1.89 bits per heavy atom. The summed E-state index contributed by atoms with van der Waals surface area (Å²) in [6.45, 7) is 5.75. The van der Waals surface area contributed by atoms with Crippen LogP contribution in [0.25, 0.3) is 0 Å². The van der Waals surface area contributed by atoms with E-state index in [9.17, 15) is 14.9 Å². The van der Waals surface area contributed by atoms with Crippen LogP contribution < -0.4 is 10.6 Å². The van der Waals surface area contributed by atoms with Gasteiger partial charge in [0.05, 0.1) is 16.5 Å². The van der Waals surface area contributed by atoms with Crippen molar-refractivity contribution >= 4 is 5.78 Å². The smallest absolute Gasteiger partial charge is 0.294 e. The van der Waals surface area contributed by atoms with Crippen LogP contribution in [0, 0.1) is 23.0 Å². The van der Waals surface area contributed by atoms with Gasteiger partial charge in [-0.2, -0.15) is 0 Å². The quantitative estimate of drug-likeness (QED) is 0.437. The van der Waals surface area contributed by atoms with Crippen molar-refractivity contribution in [1.29, 1.82) is 0 Å². The Morgan fingerprint density at radius 3 is 2.43 bits per heavy atom. The lowest BCUT2D eigenvalue weighted by Crippen LogP contribution is -2.73. The molecule has 0 radical (unpaired) electrons. The molecule has 1 aliphatic carbocycles. The van der Waals surface area contributed by atoms with Crippen LogP contribution in [0.3, 0.4) is 0 Å². The number of fused-ring (bicyclic) bond motifs is 2. The first-order chi connectivity index (χ1) is 13.2. The van der Waals surface area contributed by atoms with Crippen LogP contribution in [0.1, 0.15) is 43.9 Å². The number of benzene rings is 1. The summed E-state index contributed by atoms with van der Waals surface area (Å²) >= 11 is 0. The number of aryl methyl sites for hydroxylation is 1. The number of carbonyl (C=O) groups excluding carboxylic acids is 1. The Morgan fingerprint density at radius 1 is 1.29 bits per heavy atom. The van der Waals surface area contributed by atoms with E-state index < -0.39 is 22.2 Å². The third-order valence-corrected chi connectivity index (χ3v) is 5.94. The van der Waals surface area contributed by atoms with E-state index in [1.54, 1.807) is 6.92 Å². The topological polar surface area (TPSA) is 103 Å². The van der Waals surface area contributed by atoms with E-state index >= 15 is 0 Å². The molecule has 2 aliphatic rings. The second-order valence-electron chi connectivity index (χ2n) is 7.80. The van der Waals surface area contributed by atoms with E-state index in [0.717, 1.165) is 11.1 Å². The first kappa shape index (κ1) is 20.3. The number of nitrogens with one attached hydrogen (secondary N) is 2. The van der Waals surface area contributed by atoms with Gasteiger partial charge in [-0.05, 0) is 26.3 Å². The third-order valence-electron chi connectivity index (χ3n) is 5.94. The van der Waals surface area contributed by atoms with Crippen LogP contribution in [0.4, 0.5) is 0 Å². The second kappa shape index (κ2) is 7.18. The fourth-order valence-corrected chi connectivity index (χ4v) is 4.56. The average molecular weight is 389 g/mol. The van der Waals surface area contributed by atoms with Crippen LogP contribution in [-0.2, 0) is 14.3 Å². The maximum atomic E-state index is 12.3. The molecule has 0 amide bonds. The fraction of sp³-hybridized carbons (Fsp3) is 0.550. The minimum Gasteiger partial charge on any atom is -0.360 e. The molecule has 0 aromatic heterocycles. The van der Waals surface area contributed by atoms with Gasteiger partial charge in [0.2, 0.25) is 5.79 Å². The minimum atomic E-state index is -1.30. The van der Waals surface area contributed by atoms with Crippen LogP contribution in [0.2, 0.25) is 0 Å². The summed E-state index contributed by atoms with van der Waals surface area (Å²) in [6.07, 6.45) is 0.152. The Hall–Kier alpha value is -2.45. The highest BCUT2D eigenvalue weighted by Crippen LogP contribution is 2.49. The van der Waals surface area contributed by atoms with E-state index in [-0.39, 0.29) is 30.4 Å². The highest BCUT2D eigenvalue weighted by molar-refractivity contribution is 5.82.